The molecule has 1 heterocycles. The number of nitrogens with zero attached hydrogens (tertiary/aromatic N) is 1. The van der Waals surface area contributed by atoms with E-state index in [1.54, 1.807) is 0 Å². The summed E-state index contributed by atoms with van der Waals surface area (Å²) in [5.41, 5.74) is 4.59. The maximum Gasteiger partial charge on any atom is 0.224 e. The summed E-state index contributed by atoms with van der Waals surface area (Å²) in [6.07, 6.45) is 2.45. The van der Waals surface area contributed by atoms with Gasteiger partial charge in [0, 0.05) is 30.7 Å². The molecular weight excluding hydrogens is 272 g/mol. The van der Waals surface area contributed by atoms with Crippen molar-refractivity contribution in [1.29, 1.82) is 0 Å². The van der Waals surface area contributed by atoms with Gasteiger partial charge in [-0.15, -0.1) is 0 Å². The molecule has 0 atom stereocenters. The van der Waals surface area contributed by atoms with Gasteiger partial charge in [-0.25, -0.2) is 0 Å². The maximum atomic E-state index is 12.2. The lowest BCUT2D eigenvalue weighted by molar-refractivity contribution is -0.120. The van der Waals surface area contributed by atoms with E-state index < -0.39 is 0 Å². The van der Waals surface area contributed by atoms with Gasteiger partial charge in [0.2, 0.25) is 5.91 Å². The molecule has 0 spiro atoms. The third kappa shape index (κ3) is 2.89. The van der Waals surface area contributed by atoms with E-state index in [1.807, 2.05) is 43.6 Å². The highest BCUT2D eigenvalue weighted by molar-refractivity contribution is 5.89. The lowest BCUT2D eigenvalue weighted by atomic mass is 10.1. The average molecular weight is 292 g/mol. The number of benzene rings is 2. The van der Waals surface area contributed by atoms with E-state index in [4.69, 9.17) is 0 Å². The van der Waals surface area contributed by atoms with Gasteiger partial charge in [-0.05, 0) is 29.7 Å². The van der Waals surface area contributed by atoms with Gasteiger partial charge >= 0.3 is 0 Å². The van der Waals surface area contributed by atoms with Crippen LogP contribution in [0.4, 0.5) is 0 Å². The standard InChI is InChI=1S/C19H20N2O/c1-14-7-3-4-8-15(14)12-20-19(22)11-16-13-21(2)18-10-6-5-9-17(16)18/h3-10,13H,11-12H2,1-2H3,(H,20,22). The Morgan fingerprint density at radius 2 is 1.77 bits per heavy atom. The maximum absolute atomic E-state index is 12.2. The van der Waals surface area contributed by atoms with Gasteiger partial charge < -0.3 is 9.88 Å². The molecule has 3 heteroatoms. The number of carbonyl (C=O) groups is 1. The molecule has 0 bridgehead atoms. The summed E-state index contributed by atoms with van der Waals surface area (Å²) in [6.45, 7) is 2.64. The third-order valence-electron chi connectivity index (χ3n) is 4.07. The van der Waals surface area contributed by atoms with Crippen LogP contribution in [-0.4, -0.2) is 10.5 Å². The minimum Gasteiger partial charge on any atom is -0.352 e. The Labute approximate surface area is 130 Å². The van der Waals surface area contributed by atoms with E-state index in [0.29, 0.717) is 13.0 Å². The quantitative estimate of drug-likeness (QED) is 0.786. The molecule has 0 radical (unpaired) electrons. The topological polar surface area (TPSA) is 34.0 Å². The summed E-state index contributed by atoms with van der Waals surface area (Å²) in [5, 5.41) is 4.16. The first kappa shape index (κ1) is 14.4. The highest BCUT2D eigenvalue weighted by Crippen LogP contribution is 2.20. The van der Waals surface area contributed by atoms with Crippen molar-refractivity contribution in [2.24, 2.45) is 7.05 Å². The number of para-hydroxylation sites is 1. The van der Waals surface area contributed by atoms with Gasteiger partial charge in [-0.2, -0.15) is 0 Å². The first-order chi connectivity index (χ1) is 10.6. The first-order valence-corrected chi connectivity index (χ1v) is 7.49. The number of hydrogen-bond acceptors (Lipinski definition) is 1. The van der Waals surface area contributed by atoms with Crippen LogP contribution in [0.3, 0.4) is 0 Å². The Hall–Kier alpha value is -2.55. The number of nitrogens with one attached hydrogen (secondary N) is 1. The molecule has 1 N–H and O–H groups in total. The summed E-state index contributed by atoms with van der Waals surface area (Å²) in [5.74, 6) is 0.0552. The van der Waals surface area contributed by atoms with Gasteiger partial charge in [0.05, 0.1) is 6.42 Å². The van der Waals surface area contributed by atoms with Gasteiger partial charge in [-0.1, -0.05) is 42.5 Å². The van der Waals surface area contributed by atoms with Crippen molar-refractivity contribution in [1.82, 2.24) is 9.88 Å². The number of fused-ring (bicyclic) bond motifs is 1. The Kier molecular flexibility index (Phi) is 3.96. The minimum atomic E-state index is 0.0552. The molecule has 0 fully saturated rings. The van der Waals surface area contributed by atoms with Crippen molar-refractivity contribution in [3.05, 3.63) is 71.4 Å². The molecule has 2 aromatic carbocycles. The van der Waals surface area contributed by atoms with E-state index in [0.717, 1.165) is 22.0 Å². The smallest absolute Gasteiger partial charge is 0.224 e. The lowest BCUT2D eigenvalue weighted by Gasteiger charge is -2.07. The van der Waals surface area contributed by atoms with E-state index in [9.17, 15) is 4.79 Å². The van der Waals surface area contributed by atoms with Crippen LogP contribution in [0.25, 0.3) is 10.9 Å². The SMILES string of the molecule is Cc1ccccc1CNC(=O)Cc1cn(C)c2ccccc12. The van der Waals surface area contributed by atoms with Gasteiger partial charge in [-0.3, -0.25) is 4.79 Å². The minimum absolute atomic E-state index is 0.0552. The Morgan fingerprint density at radius 1 is 1.05 bits per heavy atom. The molecular formula is C19H20N2O. The van der Waals surface area contributed by atoms with Crippen molar-refractivity contribution >= 4 is 16.8 Å². The molecule has 0 aliphatic heterocycles. The molecule has 1 aromatic heterocycles. The van der Waals surface area contributed by atoms with Crippen molar-refractivity contribution in [2.75, 3.05) is 0 Å². The second-order valence-electron chi connectivity index (χ2n) is 5.66. The Balaban J connectivity index is 1.70. The zero-order chi connectivity index (χ0) is 15.5. The van der Waals surface area contributed by atoms with Gasteiger partial charge in [0.25, 0.3) is 0 Å². The van der Waals surface area contributed by atoms with Crippen LogP contribution >= 0.6 is 0 Å². The van der Waals surface area contributed by atoms with Gasteiger partial charge in [0.15, 0.2) is 0 Å². The van der Waals surface area contributed by atoms with Gasteiger partial charge in [0.1, 0.15) is 0 Å². The molecule has 3 nitrogen and oxygen atoms in total. The molecule has 0 unspecified atom stereocenters. The number of hydrogen-bond donors (Lipinski definition) is 1. The fraction of sp³-hybridized carbons (Fsp3) is 0.211. The second-order valence-corrected chi connectivity index (χ2v) is 5.66. The molecule has 0 aliphatic rings. The predicted octanol–water partition coefficient (Wildman–Crippen LogP) is 3.35. The van der Waals surface area contributed by atoms with Crippen LogP contribution in [0.1, 0.15) is 16.7 Å². The summed E-state index contributed by atoms with van der Waals surface area (Å²) < 4.78 is 2.07. The molecule has 0 aliphatic carbocycles. The molecule has 0 saturated carbocycles. The second kappa shape index (κ2) is 6.06. The van der Waals surface area contributed by atoms with Crippen LogP contribution in [-0.2, 0) is 24.8 Å². The van der Waals surface area contributed by atoms with Crippen molar-refractivity contribution in [3.8, 4) is 0 Å². The van der Waals surface area contributed by atoms with Crippen LogP contribution < -0.4 is 5.32 Å². The van der Waals surface area contributed by atoms with E-state index in [1.165, 1.54) is 5.56 Å². The molecule has 3 aromatic rings. The zero-order valence-corrected chi connectivity index (χ0v) is 13.0. The van der Waals surface area contributed by atoms with Crippen LogP contribution in [0, 0.1) is 6.92 Å². The third-order valence-corrected chi connectivity index (χ3v) is 4.07. The molecule has 0 saturated heterocycles. The fourth-order valence-electron chi connectivity index (χ4n) is 2.80. The summed E-state index contributed by atoms with van der Waals surface area (Å²) in [7, 11) is 2.01. The number of amides is 1. The van der Waals surface area contributed by atoms with Crippen LogP contribution in [0.5, 0.6) is 0 Å². The lowest BCUT2D eigenvalue weighted by Crippen LogP contribution is -2.24. The van der Waals surface area contributed by atoms with E-state index in [2.05, 4.69) is 35.0 Å². The fourth-order valence-corrected chi connectivity index (χ4v) is 2.80. The Bertz CT molecular complexity index is 817. The Morgan fingerprint density at radius 3 is 2.59 bits per heavy atom. The highest BCUT2D eigenvalue weighted by Gasteiger charge is 2.10. The van der Waals surface area contributed by atoms with Crippen molar-refractivity contribution in [3.63, 3.8) is 0 Å². The van der Waals surface area contributed by atoms with Crippen molar-refractivity contribution < 1.29 is 4.79 Å². The van der Waals surface area contributed by atoms with E-state index in [-0.39, 0.29) is 5.91 Å². The van der Waals surface area contributed by atoms with Crippen LogP contribution in [0.2, 0.25) is 0 Å². The van der Waals surface area contributed by atoms with E-state index >= 15 is 0 Å². The number of rotatable bonds is 4. The highest BCUT2D eigenvalue weighted by atomic mass is 16.1. The number of aromatic nitrogens is 1. The zero-order valence-electron chi connectivity index (χ0n) is 13.0. The number of aryl methyl sites for hydroxylation is 2. The predicted molar refractivity (Wildman–Crippen MR) is 89.6 cm³/mol. The average Bonchev–Trinajstić information content (AvgIpc) is 2.83. The molecule has 112 valence electrons. The first-order valence-electron chi connectivity index (χ1n) is 7.49. The summed E-state index contributed by atoms with van der Waals surface area (Å²) >= 11 is 0. The largest absolute Gasteiger partial charge is 0.352 e. The molecule has 1 amide bonds. The summed E-state index contributed by atoms with van der Waals surface area (Å²) in [6, 6.07) is 16.3. The molecule has 3 rings (SSSR count). The van der Waals surface area contributed by atoms with Crippen LogP contribution in [0.15, 0.2) is 54.7 Å². The molecule has 22 heavy (non-hydrogen) atoms. The summed E-state index contributed by atoms with van der Waals surface area (Å²) in [4.78, 5) is 12.2. The number of carbonyl (C=O) groups excluding carboxylic acids is 1. The van der Waals surface area contributed by atoms with Crippen molar-refractivity contribution in [2.45, 2.75) is 19.9 Å². The monoisotopic (exact) mass is 292 g/mol. The normalized spacial score (nSPS) is 10.8.